The number of amides is 1. The van der Waals surface area contributed by atoms with E-state index in [1.165, 1.54) is 32.2 Å². The highest BCUT2D eigenvalue weighted by atomic mass is 16.6. The van der Waals surface area contributed by atoms with Crippen molar-refractivity contribution in [3.8, 4) is 11.5 Å². The topological polar surface area (TPSA) is 117 Å². The molecular weight excluding hydrogens is 380 g/mol. The molecule has 0 bridgehead atoms. The molecule has 9 nitrogen and oxygen atoms in total. The predicted molar refractivity (Wildman–Crippen MR) is 105 cm³/mol. The van der Waals surface area contributed by atoms with Crippen molar-refractivity contribution in [2.75, 3.05) is 19.5 Å². The number of nitrogens with zero attached hydrogens (tertiary/aromatic N) is 1. The summed E-state index contributed by atoms with van der Waals surface area (Å²) >= 11 is 0. The number of nitro groups is 1. The summed E-state index contributed by atoms with van der Waals surface area (Å²) in [5.74, 6) is -0.337. The minimum Gasteiger partial charge on any atom is -0.496 e. The molecule has 0 radical (unpaired) electrons. The molecule has 2 aromatic rings. The third-order valence-corrected chi connectivity index (χ3v) is 4.15. The van der Waals surface area contributed by atoms with E-state index in [9.17, 15) is 19.7 Å². The first-order chi connectivity index (χ1) is 13.7. The molecule has 0 saturated heterocycles. The van der Waals surface area contributed by atoms with Gasteiger partial charge < -0.3 is 19.5 Å². The molecule has 154 valence electrons. The number of ether oxygens (including phenoxy) is 3. The number of hydrogen-bond donors (Lipinski definition) is 1. The van der Waals surface area contributed by atoms with Crippen LogP contribution in [0.1, 0.15) is 18.1 Å². The van der Waals surface area contributed by atoms with Crippen LogP contribution in [0.2, 0.25) is 0 Å². The van der Waals surface area contributed by atoms with Crippen molar-refractivity contribution < 1.29 is 28.7 Å². The maximum atomic E-state index is 12.4. The predicted octanol–water partition coefficient (Wildman–Crippen LogP) is 3.03. The molecule has 0 saturated carbocycles. The van der Waals surface area contributed by atoms with Crippen molar-refractivity contribution in [1.82, 2.24) is 0 Å². The van der Waals surface area contributed by atoms with E-state index in [-0.39, 0.29) is 23.5 Å². The normalized spacial score (nSPS) is 11.3. The van der Waals surface area contributed by atoms with Crippen LogP contribution in [-0.2, 0) is 20.7 Å². The second-order valence-electron chi connectivity index (χ2n) is 6.24. The Labute approximate surface area is 167 Å². The number of carbonyl (C=O) groups excluding carboxylic acids is 2. The number of non-ortho nitro benzene ring substituents is 1. The molecule has 1 amide bonds. The SMILES string of the molecule is COc1cc(CC(=O)OC(C)C(=O)Nc2cc([N+](=O)[O-])ccc2OC)ccc1C. The molecule has 9 heteroatoms. The van der Waals surface area contributed by atoms with Gasteiger partial charge in [0.05, 0.1) is 31.3 Å². The van der Waals surface area contributed by atoms with E-state index < -0.39 is 22.9 Å². The fourth-order valence-corrected chi connectivity index (χ4v) is 2.57. The number of esters is 1. The number of nitro benzene ring substituents is 1. The molecule has 0 spiro atoms. The maximum absolute atomic E-state index is 12.4. The van der Waals surface area contributed by atoms with E-state index in [2.05, 4.69) is 5.32 Å². The summed E-state index contributed by atoms with van der Waals surface area (Å²) in [6.45, 7) is 3.29. The minimum absolute atomic E-state index is 0.0333. The third kappa shape index (κ3) is 5.68. The molecule has 0 heterocycles. The Morgan fingerprint density at radius 1 is 1.10 bits per heavy atom. The largest absolute Gasteiger partial charge is 0.496 e. The summed E-state index contributed by atoms with van der Waals surface area (Å²) in [6.07, 6.45) is -1.15. The van der Waals surface area contributed by atoms with Crippen molar-refractivity contribution >= 4 is 23.3 Å². The number of methoxy groups -OCH3 is 2. The summed E-state index contributed by atoms with van der Waals surface area (Å²) in [5.41, 5.74) is 1.52. The molecule has 29 heavy (non-hydrogen) atoms. The van der Waals surface area contributed by atoms with Crippen LogP contribution in [0.4, 0.5) is 11.4 Å². The van der Waals surface area contributed by atoms with Crippen molar-refractivity contribution in [3.63, 3.8) is 0 Å². The number of nitrogens with one attached hydrogen (secondary N) is 1. The Morgan fingerprint density at radius 3 is 2.41 bits per heavy atom. The Morgan fingerprint density at radius 2 is 1.79 bits per heavy atom. The van der Waals surface area contributed by atoms with Gasteiger partial charge in [-0.05, 0) is 37.1 Å². The van der Waals surface area contributed by atoms with Crippen molar-refractivity contribution in [3.05, 3.63) is 57.6 Å². The number of carbonyl (C=O) groups is 2. The van der Waals surface area contributed by atoms with Crippen LogP contribution in [0, 0.1) is 17.0 Å². The van der Waals surface area contributed by atoms with Crippen molar-refractivity contribution in [1.29, 1.82) is 0 Å². The lowest BCUT2D eigenvalue weighted by atomic mass is 10.1. The van der Waals surface area contributed by atoms with Gasteiger partial charge in [-0.3, -0.25) is 19.7 Å². The Hall–Kier alpha value is -3.62. The van der Waals surface area contributed by atoms with Gasteiger partial charge in [0.15, 0.2) is 6.10 Å². The lowest BCUT2D eigenvalue weighted by molar-refractivity contribution is -0.384. The second kappa shape index (κ2) is 9.54. The summed E-state index contributed by atoms with van der Waals surface area (Å²) in [6, 6.07) is 9.13. The van der Waals surface area contributed by atoms with E-state index in [4.69, 9.17) is 14.2 Å². The molecule has 0 aliphatic carbocycles. The zero-order valence-corrected chi connectivity index (χ0v) is 16.6. The molecule has 0 aliphatic heterocycles. The van der Waals surface area contributed by atoms with Crippen molar-refractivity contribution in [2.24, 2.45) is 0 Å². The number of benzene rings is 2. The first kappa shape index (κ1) is 21.7. The van der Waals surface area contributed by atoms with Gasteiger partial charge in [0.1, 0.15) is 11.5 Å². The van der Waals surface area contributed by atoms with Crippen LogP contribution in [0.15, 0.2) is 36.4 Å². The molecule has 0 aliphatic rings. The molecule has 1 atom stereocenters. The molecule has 2 aromatic carbocycles. The third-order valence-electron chi connectivity index (χ3n) is 4.15. The number of rotatable bonds is 8. The maximum Gasteiger partial charge on any atom is 0.311 e. The Balaban J connectivity index is 2.02. The molecule has 0 aromatic heterocycles. The van der Waals surface area contributed by atoms with Crippen LogP contribution in [0.5, 0.6) is 11.5 Å². The van der Waals surface area contributed by atoms with Crippen LogP contribution in [0.3, 0.4) is 0 Å². The summed E-state index contributed by atoms with van der Waals surface area (Å²) in [4.78, 5) is 34.9. The highest BCUT2D eigenvalue weighted by Crippen LogP contribution is 2.29. The van der Waals surface area contributed by atoms with E-state index in [0.29, 0.717) is 11.3 Å². The fourth-order valence-electron chi connectivity index (χ4n) is 2.57. The molecular formula is C20H22N2O7. The molecule has 1 N–H and O–H groups in total. The van der Waals surface area contributed by atoms with E-state index >= 15 is 0 Å². The average molecular weight is 402 g/mol. The summed E-state index contributed by atoms with van der Waals surface area (Å²) in [7, 11) is 2.91. The summed E-state index contributed by atoms with van der Waals surface area (Å²) < 4.78 is 15.5. The zero-order valence-electron chi connectivity index (χ0n) is 16.6. The fraction of sp³-hybridized carbons (Fsp3) is 0.300. The van der Waals surface area contributed by atoms with Gasteiger partial charge in [0, 0.05) is 12.1 Å². The standard InChI is InChI=1S/C20H22N2O7/c1-12-5-6-14(9-18(12)28-4)10-19(23)29-13(2)20(24)21-16-11-15(22(25)26)7-8-17(16)27-3/h5-9,11,13H,10H2,1-4H3,(H,21,24). The van der Waals surface area contributed by atoms with E-state index in [0.717, 1.165) is 5.56 Å². The van der Waals surface area contributed by atoms with Crippen LogP contribution >= 0.6 is 0 Å². The smallest absolute Gasteiger partial charge is 0.311 e. The van der Waals surface area contributed by atoms with Gasteiger partial charge >= 0.3 is 5.97 Å². The number of anilines is 1. The van der Waals surface area contributed by atoms with Crippen LogP contribution in [0.25, 0.3) is 0 Å². The first-order valence-corrected chi connectivity index (χ1v) is 8.71. The summed E-state index contributed by atoms with van der Waals surface area (Å²) in [5, 5.41) is 13.4. The average Bonchev–Trinajstić information content (AvgIpc) is 2.69. The van der Waals surface area contributed by atoms with Gasteiger partial charge in [-0.15, -0.1) is 0 Å². The van der Waals surface area contributed by atoms with E-state index in [1.807, 2.05) is 13.0 Å². The lowest BCUT2D eigenvalue weighted by Crippen LogP contribution is -2.30. The van der Waals surface area contributed by atoms with Crippen molar-refractivity contribution in [2.45, 2.75) is 26.4 Å². The highest BCUT2D eigenvalue weighted by Gasteiger charge is 2.21. The van der Waals surface area contributed by atoms with Crippen LogP contribution < -0.4 is 14.8 Å². The quantitative estimate of drug-likeness (QED) is 0.410. The minimum atomic E-state index is -1.11. The number of hydrogen-bond acceptors (Lipinski definition) is 7. The van der Waals surface area contributed by atoms with Gasteiger partial charge in [0.25, 0.3) is 11.6 Å². The highest BCUT2D eigenvalue weighted by molar-refractivity contribution is 5.96. The number of aryl methyl sites for hydroxylation is 1. The second-order valence-corrected chi connectivity index (χ2v) is 6.24. The Kier molecular flexibility index (Phi) is 7.13. The van der Waals surface area contributed by atoms with Gasteiger partial charge in [-0.1, -0.05) is 12.1 Å². The Bertz CT molecular complexity index is 927. The van der Waals surface area contributed by atoms with Gasteiger partial charge in [-0.25, -0.2) is 0 Å². The van der Waals surface area contributed by atoms with E-state index in [1.54, 1.807) is 19.2 Å². The zero-order chi connectivity index (χ0) is 21.6. The first-order valence-electron chi connectivity index (χ1n) is 8.71. The monoisotopic (exact) mass is 402 g/mol. The van der Waals surface area contributed by atoms with Gasteiger partial charge in [-0.2, -0.15) is 0 Å². The molecule has 0 fully saturated rings. The molecule has 2 rings (SSSR count). The lowest BCUT2D eigenvalue weighted by Gasteiger charge is -2.15. The van der Waals surface area contributed by atoms with Gasteiger partial charge in [0.2, 0.25) is 0 Å². The molecule has 1 unspecified atom stereocenters. The van der Waals surface area contributed by atoms with Crippen LogP contribution in [-0.4, -0.2) is 37.1 Å².